The third-order valence-electron chi connectivity index (χ3n) is 4.06. The molecule has 6 nitrogen and oxygen atoms in total. The molecule has 0 N–H and O–H groups in total. The molecule has 2 aromatic rings. The number of imide groups is 1. The Morgan fingerprint density at radius 3 is 2.57 bits per heavy atom. The molecule has 23 heavy (non-hydrogen) atoms. The van der Waals surface area contributed by atoms with Crippen molar-refractivity contribution in [2.75, 3.05) is 4.90 Å². The molecule has 1 aromatic heterocycles. The summed E-state index contributed by atoms with van der Waals surface area (Å²) in [6, 6.07) is 10.8. The van der Waals surface area contributed by atoms with Gasteiger partial charge >= 0.3 is 0 Å². The highest BCUT2D eigenvalue weighted by molar-refractivity contribution is 6.32. The second-order valence-electron chi connectivity index (χ2n) is 5.57. The summed E-state index contributed by atoms with van der Waals surface area (Å²) in [6.07, 6.45) is 2.35. The second-order valence-corrected chi connectivity index (χ2v) is 5.57. The predicted molar refractivity (Wildman–Crippen MR) is 82.8 cm³/mol. The number of nitrogens with zero attached hydrogens (tertiary/aromatic N) is 3. The minimum absolute atomic E-state index is 0.316. The Labute approximate surface area is 132 Å². The number of hydrogen-bond acceptors (Lipinski definition) is 5. The van der Waals surface area contributed by atoms with Crippen molar-refractivity contribution in [3.63, 3.8) is 0 Å². The van der Waals surface area contributed by atoms with Crippen molar-refractivity contribution in [3.05, 3.63) is 59.9 Å². The van der Waals surface area contributed by atoms with Gasteiger partial charge in [-0.25, -0.2) is 4.90 Å². The van der Waals surface area contributed by atoms with Gasteiger partial charge in [0, 0.05) is 18.0 Å². The molecule has 0 bridgehead atoms. The van der Waals surface area contributed by atoms with E-state index in [9.17, 15) is 9.59 Å². The molecule has 0 saturated carbocycles. The van der Waals surface area contributed by atoms with Crippen molar-refractivity contribution in [1.82, 2.24) is 4.98 Å². The third kappa shape index (κ3) is 2.03. The van der Waals surface area contributed by atoms with Crippen LogP contribution in [0.3, 0.4) is 0 Å². The summed E-state index contributed by atoms with van der Waals surface area (Å²) >= 11 is 0. The first-order chi connectivity index (χ1) is 11.2. The van der Waals surface area contributed by atoms with Gasteiger partial charge in [-0.3, -0.25) is 14.6 Å². The number of aromatic nitrogens is 1. The van der Waals surface area contributed by atoms with Crippen LogP contribution in [-0.4, -0.2) is 28.6 Å². The number of carbonyl (C=O) groups excluding carboxylic acids is 2. The molecule has 114 valence electrons. The zero-order valence-corrected chi connectivity index (χ0v) is 12.3. The summed E-state index contributed by atoms with van der Waals surface area (Å²) in [7, 11) is 0. The minimum Gasteiger partial charge on any atom is -0.381 e. The third-order valence-corrected chi connectivity index (χ3v) is 4.06. The molecule has 0 aliphatic carbocycles. The lowest BCUT2D eigenvalue weighted by atomic mass is 9.95. The first-order valence-electron chi connectivity index (χ1n) is 7.25. The van der Waals surface area contributed by atoms with E-state index in [0.717, 1.165) is 5.56 Å². The zero-order chi connectivity index (χ0) is 16.0. The summed E-state index contributed by atoms with van der Waals surface area (Å²) in [5, 5.41) is 3.94. The number of hydrogen-bond donors (Lipinski definition) is 0. The van der Waals surface area contributed by atoms with Crippen molar-refractivity contribution in [2.45, 2.75) is 13.0 Å². The van der Waals surface area contributed by atoms with Gasteiger partial charge in [-0.05, 0) is 31.2 Å². The van der Waals surface area contributed by atoms with E-state index in [1.54, 1.807) is 36.7 Å². The van der Waals surface area contributed by atoms with E-state index in [4.69, 9.17) is 4.84 Å². The van der Waals surface area contributed by atoms with Gasteiger partial charge in [-0.1, -0.05) is 22.9 Å². The molecule has 4 rings (SSSR count). The van der Waals surface area contributed by atoms with E-state index in [0.29, 0.717) is 17.0 Å². The standard InChI is InChI=1S/C17H13N3O3/c1-10-4-6-12(7-5-10)20-16(21)13-14(11-3-2-8-18-9-11)19-23-15(13)17(20)22/h2-9,13,15H,1H3/t13-,15-/m0/s1. The first-order valence-corrected chi connectivity index (χ1v) is 7.25. The quantitative estimate of drug-likeness (QED) is 0.791. The fourth-order valence-electron chi connectivity index (χ4n) is 2.88. The highest BCUT2D eigenvalue weighted by Gasteiger charge is 2.56. The van der Waals surface area contributed by atoms with Crippen molar-refractivity contribution < 1.29 is 14.4 Å². The molecule has 2 atom stereocenters. The highest BCUT2D eigenvalue weighted by Crippen LogP contribution is 2.34. The number of fused-ring (bicyclic) bond motifs is 1. The van der Waals surface area contributed by atoms with Gasteiger partial charge in [0.25, 0.3) is 5.91 Å². The number of oxime groups is 1. The Bertz CT molecular complexity index is 815. The lowest BCUT2D eigenvalue weighted by Crippen LogP contribution is -2.33. The van der Waals surface area contributed by atoms with Crippen LogP contribution in [0.2, 0.25) is 0 Å². The fourth-order valence-corrected chi connectivity index (χ4v) is 2.88. The van der Waals surface area contributed by atoms with Crippen LogP contribution in [0.1, 0.15) is 11.1 Å². The number of benzene rings is 1. The Hall–Kier alpha value is -3.02. The Kier molecular flexibility index (Phi) is 2.97. The van der Waals surface area contributed by atoms with Crippen LogP contribution in [0.4, 0.5) is 5.69 Å². The molecule has 6 heteroatoms. The van der Waals surface area contributed by atoms with E-state index in [2.05, 4.69) is 10.1 Å². The first kappa shape index (κ1) is 13.6. The van der Waals surface area contributed by atoms with Gasteiger partial charge in [0.2, 0.25) is 12.0 Å². The maximum absolute atomic E-state index is 12.8. The van der Waals surface area contributed by atoms with Crippen LogP contribution in [0.5, 0.6) is 0 Å². The van der Waals surface area contributed by atoms with E-state index < -0.39 is 12.0 Å². The number of carbonyl (C=O) groups is 2. The van der Waals surface area contributed by atoms with Crippen molar-refractivity contribution in [3.8, 4) is 0 Å². The van der Waals surface area contributed by atoms with Gasteiger partial charge in [0.1, 0.15) is 11.6 Å². The molecular weight excluding hydrogens is 294 g/mol. The average molecular weight is 307 g/mol. The van der Waals surface area contributed by atoms with Gasteiger partial charge in [0.05, 0.1) is 5.69 Å². The molecule has 3 heterocycles. The van der Waals surface area contributed by atoms with Gasteiger partial charge in [-0.15, -0.1) is 0 Å². The molecule has 2 aliphatic rings. The zero-order valence-electron chi connectivity index (χ0n) is 12.3. The topological polar surface area (TPSA) is 71.9 Å². The van der Waals surface area contributed by atoms with Gasteiger partial charge in [-0.2, -0.15) is 0 Å². The highest BCUT2D eigenvalue weighted by atomic mass is 16.6. The summed E-state index contributed by atoms with van der Waals surface area (Å²) in [6.45, 7) is 1.95. The molecule has 1 fully saturated rings. The molecule has 1 aromatic carbocycles. The second kappa shape index (κ2) is 5.01. The van der Waals surface area contributed by atoms with E-state index in [1.807, 2.05) is 19.1 Å². The van der Waals surface area contributed by atoms with Gasteiger partial charge in [0.15, 0.2) is 0 Å². The van der Waals surface area contributed by atoms with Crippen LogP contribution < -0.4 is 4.90 Å². The van der Waals surface area contributed by atoms with E-state index in [1.165, 1.54) is 4.90 Å². The lowest BCUT2D eigenvalue weighted by molar-refractivity contribution is -0.126. The van der Waals surface area contributed by atoms with Crippen molar-refractivity contribution in [2.24, 2.45) is 11.1 Å². The molecule has 1 saturated heterocycles. The molecule has 0 spiro atoms. The smallest absolute Gasteiger partial charge is 0.278 e. The summed E-state index contributed by atoms with van der Waals surface area (Å²) < 4.78 is 0. The van der Waals surface area contributed by atoms with Gasteiger partial charge < -0.3 is 4.84 Å². The van der Waals surface area contributed by atoms with Crippen LogP contribution in [0.25, 0.3) is 0 Å². The average Bonchev–Trinajstić information content (AvgIpc) is 3.11. The molecule has 2 aliphatic heterocycles. The number of aryl methyl sites for hydroxylation is 1. The summed E-state index contributed by atoms with van der Waals surface area (Å²) in [4.78, 5) is 35.8. The Morgan fingerprint density at radius 2 is 1.87 bits per heavy atom. The Balaban J connectivity index is 1.71. The molecule has 0 unspecified atom stereocenters. The molecular formula is C17H13N3O3. The van der Waals surface area contributed by atoms with Crippen molar-refractivity contribution >= 4 is 23.2 Å². The van der Waals surface area contributed by atoms with Crippen LogP contribution in [0, 0.1) is 12.8 Å². The lowest BCUT2D eigenvalue weighted by Gasteiger charge is -2.15. The maximum atomic E-state index is 12.8. The van der Waals surface area contributed by atoms with E-state index >= 15 is 0 Å². The monoisotopic (exact) mass is 307 g/mol. The Morgan fingerprint density at radius 1 is 1.09 bits per heavy atom. The number of anilines is 1. The van der Waals surface area contributed by atoms with E-state index in [-0.39, 0.29) is 11.8 Å². The van der Waals surface area contributed by atoms with Crippen LogP contribution in [0.15, 0.2) is 53.9 Å². The van der Waals surface area contributed by atoms with Crippen molar-refractivity contribution in [1.29, 1.82) is 0 Å². The number of pyridine rings is 1. The maximum Gasteiger partial charge on any atom is 0.278 e. The van der Waals surface area contributed by atoms with Crippen LogP contribution in [-0.2, 0) is 14.4 Å². The summed E-state index contributed by atoms with van der Waals surface area (Å²) in [5.41, 5.74) is 2.75. The summed E-state index contributed by atoms with van der Waals surface area (Å²) in [5.74, 6) is -1.41. The normalized spacial score (nSPS) is 22.8. The fraction of sp³-hybridized carbons (Fsp3) is 0.176. The minimum atomic E-state index is -0.890. The number of rotatable bonds is 2. The number of amides is 2. The molecule has 0 radical (unpaired) electrons. The molecule has 2 amide bonds. The SMILES string of the molecule is Cc1ccc(N2C(=O)[C@H]3C(c4cccnc4)=NO[C@@H]3C2=O)cc1. The predicted octanol–water partition coefficient (Wildman–Crippen LogP) is 1.68. The largest absolute Gasteiger partial charge is 0.381 e. The van der Waals surface area contributed by atoms with Crippen LogP contribution >= 0.6 is 0 Å².